The third-order valence-corrected chi connectivity index (χ3v) is 5.53. The minimum Gasteiger partial charge on any atom is -0.486 e. The molecule has 1 fully saturated rings. The van der Waals surface area contributed by atoms with E-state index in [1.807, 2.05) is 0 Å². The number of carbonyl (C=O) groups excluding carboxylic acids is 2. The van der Waals surface area contributed by atoms with E-state index in [1.54, 1.807) is 42.5 Å². The molecule has 2 amide bonds. The van der Waals surface area contributed by atoms with E-state index >= 15 is 0 Å². The van der Waals surface area contributed by atoms with Crippen molar-refractivity contribution in [1.82, 2.24) is 0 Å². The molecular weight excluding hydrogens is 370 g/mol. The summed E-state index contributed by atoms with van der Waals surface area (Å²) in [5.41, 5.74) is 7.30. The largest absolute Gasteiger partial charge is 0.486 e. The van der Waals surface area contributed by atoms with Gasteiger partial charge in [-0.25, -0.2) is 0 Å². The Hall–Kier alpha value is -3.06. The summed E-state index contributed by atoms with van der Waals surface area (Å²) in [5.74, 6) is 0.983. The summed E-state index contributed by atoms with van der Waals surface area (Å²) in [6.45, 7) is 1.49. The van der Waals surface area contributed by atoms with Gasteiger partial charge in [0.2, 0.25) is 5.91 Å². The van der Waals surface area contributed by atoms with Crippen LogP contribution in [0.15, 0.2) is 42.5 Å². The second-order valence-corrected chi connectivity index (χ2v) is 7.38. The number of amides is 2. The van der Waals surface area contributed by atoms with Crippen LogP contribution in [0.3, 0.4) is 0 Å². The Morgan fingerprint density at radius 2 is 1.79 bits per heavy atom. The number of para-hydroxylation sites is 1. The van der Waals surface area contributed by atoms with Crippen LogP contribution in [0.4, 0.5) is 11.4 Å². The third kappa shape index (κ3) is 4.19. The Balaban J connectivity index is 1.49. The van der Waals surface area contributed by atoms with Gasteiger partial charge in [-0.05, 0) is 49.6 Å². The number of rotatable bonds is 5. The first-order valence-corrected chi connectivity index (χ1v) is 9.96. The van der Waals surface area contributed by atoms with Crippen LogP contribution in [-0.4, -0.2) is 31.6 Å². The van der Waals surface area contributed by atoms with E-state index < -0.39 is 0 Å². The SMILES string of the molecule is NC[C@H]1CCC[C@H]1C(=O)Nc1ccccc1C(=O)Nc1ccc2c(c1)OCCO2. The molecule has 0 radical (unpaired) electrons. The molecule has 0 spiro atoms. The molecule has 7 heteroatoms. The first kappa shape index (κ1) is 19.3. The Morgan fingerprint density at radius 1 is 1.00 bits per heavy atom. The molecule has 152 valence electrons. The number of benzene rings is 2. The number of hydrogen-bond donors (Lipinski definition) is 3. The molecule has 2 atom stereocenters. The lowest BCUT2D eigenvalue weighted by Crippen LogP contribution is -2.30. The van der Waals surface area contributed by atoms with Crippen LogP contribution in [0.1, 0.15) is 29.6 Å². The fourth-order valence-corrected chi connectivity index (χ4v) is 4.00. The number of fused-ring (bicyclic) bond motifs is 1. The highest BCUT2D eigenvalue weighted by Crippen LogP contribution is 2.34. The van der Waals surface area contributed by atoms with Gasteiger partial charge in [0, 0.05) is 17.7 Å². The number of carbonyl (C=O) groups is 2. The lowest BCUT2D eigenvalue weighted by atomic mass is 9.95. The maximum atomic E-state index is 12.9. The van der Waals surface area contributed by atoms with Crippen molar-refractivity contribution in [3.63, 3.8) is 0 Å². The molecule has 0 unspecified atom stereocenters. The summed E-state index contributed by atoms with van der Waals surface area (Å²) in [4.78, 5) is 25.6. The fraction of sp³-hybridized carbons (Fsp3) is 0.364. The molecular formula is C22H25N3O4. The lowest BCUT2D eigenvalue weighted by molar-refractivity contribution is -0.120. The van der Waals surface area contributed by atoms with E-state index in [1.165, 1.54) is 0 Å². The fourth-order valence-electron chi connectivity index (χ4n) is 4.00. The normalized spacial score (nSPS) is 20.2. The van der Waals surface area contributed by atoms with Crippen molar-refractivity contribution in [3.8, 4) is 11.5 Å². The standard InChI is InChI=1S/C22H25N3O4/c23-13-14-4-3-6-16(14)21(26)25-18-7-2-1-5-17(18)22(27)24-15-8-9-19-20(12-15)29-11-10-28-19/h1-2,5,7-9,12,14,16H,3-4,6,10-11,13,23H2,(H,24,27)(H,25,26)/t14-,16-/m1/s1. The van der Waals surface area contributed by atoms with Gasteiger partial charge in [-0.3, -0.25) is 9.59 Å². The molecule has 0 saturated heterocycles. The molecule has 4 rings (SSSR count). The summed E-state index contributed by atoms with van der Waals surface area (Å²) in [6.07, 6.45) is 2.81. The van der Waals surface area contributed by atoms with Gasteiger partial charge in [0.1, 0.15) is 13.2 Å². The van der Waals surface area contributed by atoms with Crippen molar-refractivity contribution in [2.24, 2.45) is 17.6 Å². The molecule has 2 aromatic rings. The quantitative estimate of drug-likeness (QED) is 0.722. The van der Waals surface area contributed by atoms with Crippen molar-refractivity contribution in [2.75, 3.05) is 30.4 Å². The number of anilines is 2. The molecule has 1 aliphatic heterocycles. The van der Waals surface area contributed by atoms with Gasteiger partial charge in [0.05, 0.1) is 11.3 Å². The predicted molar refractivity (Wildman–Crippen MR) is 110 cm³/mol. The van der Waals surface area contributed by atoms with Crippen LogP contribution in [0.25, 0.3) is 0 Å². The zero-order valence-electron chi connectivity index (χ0n) is 16.1. The van der Waals surface area contributed by atoms with E-state index in [4.69, 9.17) is 15.2 Å². The molecule has 29 heavy (non-hydrogen) atoms. The Labute approximate surface area is 169 Å². The smallest absolute Gasteiger partial charge is 0.257 e. The van der Waals surface area contributed by atoms with E-state index in [0.717, 1.165) is 19.3 Å². The van der Waals surface area contributed by atoms with Gasteiger partial charge in [-0.15, -0.1) is 0 Å². The average molecular weight is 395 g/mol. The average Bonchev–Trinajstić information content (AvgIpc) is 3.23. The van der Waals surface area contributed by atoms with Gasteiger partial charge in [-0.2, -0.15) is 0 Å². The topological polar surface area (TPSA) is 103 Å². The molecule has 0 aromatic heterocycles. The summed E-state index contributed by atoms with van der Waals surface area (Å²) in [6, 6.07) is 12.3. The molecule has 4 N–H and O–H groups in total. The van der Waals surface area contributed by atoms with Crippen molar-refractivity contribution in [2.45, 2.75) is 19.3 Å². The van der Waals surface area contributed by atoms with Crippen LogP contribution in [-0.2, 0) is 4.79 Å². The zero-order chi connectivity index (χ0) is 20.2. The molecule has 2 aliphatic rings. The molecule has 1 saturated carbocycles. The summed E-state index contributed by atoms with van der Waals surface area (Å²) in [5, 5.41) is 5.80. The minimum atomic E-state index is -0.306. The number of nitrogens with one attached hydrogen (secondary N) is 2. The van der Waals surface area contributed by atoms with Crippen molar-refractivity contribution in [1.29, 1.82) is 0 Å². The number of ether oxygens (including phenoxy) is 2. The van der Waals surface area contributed by atoms with Crippen molar-refractivity contribution in [3.05, 3.63) is 48.0 Å². The summed E-state index contributed by atoms with van der Waals surface area (Å²) < 4.78 is 11.1. The summed E-state index contributed by atoms with van der Waals surface area (Å²) >= 11 is 0. The van der Waals surface area contributed by atoms with E-state index in [-0.39, 0.29) is 23.7 Å². The van der Waals surface area contributed by atoms with Crippen LogP contribution in [0.5, 0.6) is 11.5 Å². The third-order valence-electron chi connectivity index (χ3n) is 5.53. The predicted octanol–water partition coefficient (Wildman–Crippen LogP) is 3.02. The van der Waals surface area contributed by atoms with Gasteiger partial charge in [0.25, 0.3) is 5.91 Å². The molecule has 0 bridgehead atoms. The Morgan fingerprint density at radius 3 is 2.62 bits per heavy atom. The maximum absolute atomic E-state index is 12.9. The lowest BCUT2D eigenvalue weighted by Gasteiger charge is -2.20. The minimum absolute atomic E-state index is 0.0717. The maximum Gasteiger partial charge on any atom is 0.257 e. The highest BCUT2D eigenvalue weighted by Gasteiger charge is 2.32. The Bertz CT molecular complexity index is 915. The van der Waals surface area contributed by atoms with Gasteiger partial charge < -0.3 is 25.8 Å². The van der Waals surface area contributed by atoms with Crippen LogP contribution >= 0.6 is 0 Å². The highest BCUT2D eigenvalue weighted by atomic mass is 16.6. The monoisotopic (exact) mass is 395 g/mol. The van der Waals surface area contributed by atoms with E-state index in [2.05, 4.69) is 10.6 Å². The first-order chi connectivity index (χ1) is 14.2. The molecule has 1 aliphatic carbocycles. The summed E-state index contributed by atoms with van der Waals surface area (Å²) in [7, 11) is 0. The molecule has 7 nitrogen and oxygen atoms in total. The van der Waals surface area contributed by atoms with Crippen LogP contribution in [0.2, 0.25) is 0 Å². The van der Waals surface area contributed by atoms with Crippen molar-refractivity contribution >= 4 is 23.2 Å². The first-order valence-electron chi connectivity index (χ1n) is 9.96. The Kier molecular flexibility index (Phi) is 5.67. The van der Waals surface area contributed by atoms with Crippen molar-refractivity contribution < 1.29 is 19.1 Å². The number of nitrogens with two attached hydrogens (primary N) is 1. The van der Waals surface area contributed by atoms with Crippen LogP contribution in [0, 0.1) is 11.8 Å². The van der Waals surface area contributed by atoms with Gasteiger partial charge in [0.15, 0.2) is 11.5 Å². The van der Waals surface area contributed by atoms with E-state index in [0.29, 0.717) is 48.2 Å². The number of hydrogen-bond acceptors (Lipinski definition) is 5. The second kappa shape index (κ2) is 8.53. The van der Waals surface area contributed by atoms with Gasteiger partial charge >= 0.3 is 0 Å². The van der Waals surface area contributed by atoms with E-state index in [9.17, 15) is 9.59 Å². The van der Waals surface area contributed by atoms with Gasteiger partial charge in [-0.1, -0.05) is 18.6 Å². The molecule has 2 aromatic carbocycles. The zero-order valence-corrected chi connectivity index (χ0v) is 16.1. The molecule has 1 heterocycles. The second-order valence-electron chi connectivity index (χ2n) is 7.38. The highest BCUT2D eigenvalue weighted by molar-refractivity contribution is 6.10. The van der Waals surface area contributed by atoms with Crippen LogP contribution < -0.4 is 25.8 Å².